The summed E-state index contributed by atoms with van der Waals surface area (Å²) in [5.74, 6) is -0.761. The summed E-state index contributed by atoms with van der Waals surface area (Å²) < 4.78 is 77.9. The Kier molecular flexibility index (Phi) is 6.11. The molecule has 5 nitrogen and oxygen atoms in total. The van der Waals surface area contributed by atoms with Crippen LogP contribution in [0.1, 0.15) is 32.9 Å². The Hall–Kier alpha value is -3.63. The summed E-state index contributed by atoms with van der Waals surface area (Å²) in [6, 6.07) is 8.46. The molecule has 0 unspecified atom stereocenters. The maximum absolute atomic E-state index is 13.0. The van der Waals surface area contributed by atoms with Crippen LogP contribution in [-0.4, -0.2) is 15.9 Å². The van der Waals surface area contributed by atoms with E-state index in [2.05, 4.69) is 20.6 Å². The monoisotopic (exact) mass is 454 g/mol. The molecule has 0 saturated heterocycles. The highest BCUT2D eigenvalue weighted by Crippen LogP contribution is 2.36. The normalized spacial score (nSPS) is 11.9. The van der Waals surface area contributed by atoms with Crippen LogP contribution in [0.25, 0.3) is 0 Å². The van der Waals surface area contributed by atoms with E-state index in [1.807, 2.05) is 0 Å². The molecular formula is C21H16F6N4O. The molecule has 168 valence electrons. The van der Waals surface area contributed by atoms with Crippen molar-refractivity contribution in [2.24, 2.45) is 0 Å². The maximum Gasteiger partial charge on any atom is 0.416 e. The van der Waals surface area contributed by atoms with Crippen LogP contribution in [0, 0.1) is 13.8 Å². The molecule has 3 rings (SSSR count). The van der Waals surface area contributed by atoms with E-state index in [0.717, 1.165) is 11.4 Å². The van der Waals surface area contributed by atoms with Crippen LogP contribution in [0.15, 0.2) is 48.5 Å². The summed E-state index contributed by atoms with van der Waals surface area (Å²) >= 11 is 0. The SMILES string of the molecule is Cc1cc(C)nc(Nc2ccc(NC(=O)c3cc(C(F)(F)F)cc(C(F)(F)F)c3)cc2)n1. The number of carbonyl (C=O) groups excluding carboxylic acids is 1. The van der Waals surface area contributed by atoms with Crippen molar-refractivity contribution in [2.45, 2.75) is 26.2 Å². The second kappa shape index (κ2) is 8.48. The van der Waals surface area contributed by atoms with E-state index in [1.54, 1.807) is 32.0 Å². The molecule has 0 radical (unpaired) electrons. The summed E-state index contributed by atoms with van der Waals surface area (Å²) in [5, 5.41) is 5.25. The molecule has 0 aliphatic heterocycles. The summed E-state index contributed by atoms with van der Waals surface area (Å²) in [5.41, 5.74) is -1.65. The van der Waals surface area contributed by atoms with Crippen LogP contribution in [0.2, 0.25) is 0 Å². The molecule has 2 N–H and O–H groups in total. The van der Waals surface area contributed by atoms with Crippen molar-refractivity contribution >= 4 is 23.2 Å². The fourth-order valence-electron chi connectivity index (χ4n) is 2.84. The van der Waals surface area contributed by atoms with E-state index in [4.69, 9.17) is 0 Å². The van der Waals surface area contributed by atoms with Gasteiger partial charge in [0.2, 0.25) is 5.95 Å². The third-order valence-corrected chi connectivity index (χ3v) is 4.23. The van der Waals surface area contributed by atoms with Crippen LogP contribution < -0.4 is 10.6 Å². The van der Waals surface area contributed by atoms with E-state index in [-0.39, 0.29) is 11.8 Å². The molecule has 3 aromatic rings. The van der Waals surface area contributed by atoms with Gasteiger partial charge in [-0.05, 0) is 62.4 Å². The Morgan fingerprint density at radius 1 is 0.750 bits per heavy atom. The zero-order chi connectivity index (χ0) is 23.7. The fourth-order valence-corrected chi connectivity index (χ4v) is 2.84. The summed E-state index contributed by atoms with van der Waals surface area (Å²) in [6.45, 7) is 3.60. The first-order chi connectivity index (χ1) is 14.8. The number of aryl methyl sites for hydroxylation is 2. The Morgan fingerprint density at radius 2 is 1.22 bits per heavy atom. The van der Waals surface area contributed by atoms with Crippen molar-refractivity contribution < 1.29 is 31.1 Å². The van der Waals surface area contributed by atoms with E-state index >= 15 is 0 Å². The Morgan fingerprint density at radius 3 is 1.69 bits per heavy atom. The number of hydrogen-bond donors (Lipinski definition) is 2. The topological polar surface area (TPSA) is 66.9 Å². The Balaban J connectivity index is 1.79. The van der Waals surface area contributed by atoms with Gasteiger partial charge in [0.05, 0.1) is 11.1 Å². The van der Waals surface area contributed by atoms with Crippen molar-refractivity contribution in [1.82, 2.24) is 9.97 Å². The maximum atomic E-state index is 13.0. The van der Waals surface area contributed by atoms with Crippen LogP contribution in [0.4, 0.5) is 43.7 Å². The molecule has 1 aromatic heterocycles. The van der Waals surface area contributed by atoms with E-state index in [9.17, 15) is 31.1 Å². The standard InChI is InChI=1S/C21H16F6N4O/c1-11-7-12(2)29-19(28-11)31-17-5-3-16(4-6-17)30-18(32)13-8-14(20(22,23)24)10-15(9-13)21(25,26)27/h3-10H,1-2H3,(H,30,32)(H,28,29,31). The minimum atomic E-state index is -5.04. The zero-order valence-electron chi connectivity index (χ0n) is 16.7. The summed E-state index contributed by atoms with van der Waals surface area (Å²) in [4.78, 5) is 20.8. The van der Waals surface area contributed by atoms with Gasteiger partial charge in [0.1, 0.15) is 0 Å². The number of alkyl halides is 6. The molecule has 0 aliphatic carbocycles. The molecule has 0 fully saturated rings. The van der Waals surface area contributed by atoms with Gasteiger partial charge >= 0.3 is 12.4 Å². The smallest absolute Gasteiger partial charge is 0.324 e. The average molecular weight is 454 g/mol. The van der Waals surface area contributed by atoms with Gasteiger partial charge in [-0.25, -0.2) is 9.97 Å². The minimum Gasteiger partial charge on any atom is -0.324 e. The molecule has 11 heteroatoms. The van der Waals surface area contributed by atoms with Crippen molar-refractivity contribution in [3.63, 3.8) is 0 Å². The molecule has 0 aliphatic rings. The first-order valence-corrected chi connectivity index (χ1v) is 9.11. The van der Waals surface area contributed by atoms with Gasteiger partial charge in [0.15, 0.2) is 0 Å². The van der Waals surface area contributed by atoms with Crippen molar-refractivity contribution in [1.29, 1.82) is 0 Å². The van der Waals surface area contributed by atoms with Gasteiger partial charge in [-0.3, -0.25) is 4.79 Å². The minimum absolute atomic E-state index is 0.0354. The highest BCUT2D eigenvalue weighted by Gasteiger charge is 2.37. The molecule has 0 atom stereocenters. The molecule has 1 heterocycles. The van der Waals surface area contributed by atoms with Crippen LogP contribution in [-0.2, 0) is 12.4 Å². The number of hydrogen-bond acceptors (Lipinski definition) is 4. The lowest BCUT2D eigenvalue weighted by Gasteiger charge is -2.14. The van der Waals surface area contributed by atoms with Crippen LogP contribution in [0.5, 0.6) is 0 Å². The van der Waals surface area contributed by atoms with Gasteiger partial charge in [0.25, 0.3) is 5.91 Å². The van der Waals surface area contributed by atoms with E-state index < -0.39 is 35.0 Å². The zero-order valence-corrected chi connectivity index (χ0v) is 16.7. The summed E-state index contributed by atoms with van der Waals surface area (Å²) in [7, 11) is 0. The van der Waals surface area contributed by atoms with E-state index in [1.165, 1.54) is 12.1 Å². The van der Waals surface area contributed by atoms with Gasteiger partial charge < -0.3 is 10.6 Å². The molecule has 2 aromatic carbocycles. The van der Waals surface area contributed by atoms with Crippen molar-refractivity contribution in [2.75, 3.05) is 10.6 Å². The number of amides is 1. The number of nitrogens with zero attached hydrogens (tertiary/aromatic N) is 2. The molecule has 32 heavy (non-hydrogen) atoms. The van der Waals surface area contributed by atoms with Crippen LogP contribution in [0.3, 0.4) is 0 Å². The van der Waals surface area contributed by atoms with Gasteiger partial charge in [-0.1, -0.05) is 0 Å². The average Bonchev–Trinajstić information content (AvgIpc) is 2.67. The fraction of sp³-hybridized carbons (Fsp3) is 0.190. The lowest BCUT2D eigenvalue weighted by Crippen LogP contribution is -2.17. The van der Waals surface area contributed by atoms with Gasteiger partial charge in [0, 0.05) is 28.3 Å². The largest absolute Gasteiger partial charge is 0.416 e. The predicted molar refractivity (Wildman–Crippen MR) is 106 cm³/mol. The Labute approximate surface area is 178 Å². The van der Waals surface area contributed by atoms with E-state index in [0.29, 0.717) is 23.8 Å². The third kappa shape index (κ3) is 5.74. The molecule has 0 saturated carbocycles. The predicted octanol–water partition coefficient (Wildman–Crippen LogP) is 6.13. The Bertz CT molecular complexity index is 1090. The lowest BCUT2D eigenvalue weighted by molar-refractivity contribution is -0.143. The molecule has 0 spiro atoms. The molecular weight excluding hydrogens is 438 g/mol. The number of benzene rings is 2. The first kappa shape index (κ1) is 23.0. The molecule has 1 amide bonds. The molecule has 0 bridgehead atoms. The van der Waals surface area contributed by atoms with Gasteiger partial charge in [-0.15, -0.1) is 0 Å². The number of carbonyl (C=O) groups is 1. The lowest BCUT2D eigenvalue weighted by atomic mass is 10.0. The van der Waals surface area contributed by atoms with Crippen LogP contribution >= 0.6 is 0 Å². The number of nitrogens with one attached hydrogen (secondary N) is 2. The highest BCUT2D eigenvalue weighted by molar-refractivity contribution is 6.04. The highest BCUT2D eigenvalue weighted by atomic mass is 19.4. The van der Waals surface area contributed by atoms with Crippen molar-refractivity contribution in [3.05, 3.63) is 76.6 Å². The quantitative estimate of drug-likeness (QED) is 0.466. The number of anilines is 3. The summed E-state index contributed by atoms with van der Waals surface area (Å²) in [6.07, 6.45) is -10.1. The number of halogens is 6. The number of rotatable bonds is 4. The first-order valence-electron chi connectivity index (χ1n) is 9.11. The van der Waals surface area contributed by atoms with Gasteiger partial charge in [-0.2, -0.15) is 26.3 Å². The number of aromatic nitrogens is 2. The second-order valence-electron chi connectivity index (χ2n) is 6.93. The third-order valence-electron chi connectivity index (χ3n) is 4.23. The second-order valence-corrected chi connectivity index (χ2v) is 6.93. The van der Waals surface area contributed by atoms with Crippen molar-refractivity contribution in [3.8, 4) is 0 Å².